The van der Waals surface area contributed by atoms with Crippen LogP contribution in [0, 0.1) is 17.5 Å². The van der Waals surface area contributed by atoms with E-state index in [4.69, 9.17) is 4.74 Å². The highest BCUT2D eigenvalue weighted by Gasteiger charge is 2.23. The molecule has 0 amide bonds. The summed E-state index contributed by atoms with van der Waals surface area (Å²) < 4.78 is 45.1. The minimum Gasteiger partial charge on any atom is -0.489 e. The summed E-state index contributed by atoms with van der Waals surface area (Å²) in [5, 5.41) is 2.99. The lowest BCUT2D eigenvalue weighted by Gasteiger charge is -2.28. The van der Waals surface area contributed by atoms with Gasteiger partial charge in [0.15, 0.2) is 0 Å². The summed E-state index contributed by atoms with van der Waals surface area (Å²) in [5.41, 5.74) is 0.747. The smallest absolute Gasteiger partial charge is 0.142 e. The lowest BCUT2D eigenvalue weighted by Crippen LogP contribution is -2.24. The van der Waals surface area contributed by atoms with Gasteiger partial charge in [0.1, 0.15) is 29.8 Å². The average Bonchev–Trinajstić information content (AvgIpc) is 2.38. The van der Waals surface area contributed by atoms with Crippen LogP contribution in [0.25, 0.3) is 0 Å². The van der Waals surface area contributed by atoms with E-state index in [0.717, 1.165) is 6.07 Å². The molecule has 2 nitrogen and oxygen atoms in total. The van der Waals surface area contributed by atoms with Crippen molar-refractivity contribution in [1.29, 1.82) is 0 Å². The van der Waals surface area contributed by atoms with Crippen molar-refractivity contribution in [2.24, 2.45) is 0 Å². The minimum atomic E-state index is -0.652. The molecule has 0 spiro atoms. The molecule has 0 bridgehead atoms. The van der Waals surface area contributed by atoms with E-state index in [2.05, 4.69) is 5.32 Å². The molecule has 98 valence electrons. The van der Waals surface area contributed by atoms with E-state index in [1.165, 1.54) is 30.3 Å². The third-order valence-corrected chi connectivity index (χ3v) is 3.01. The van der Waals surface area contributed by atoms with E-state index in [1.807, 2.05) is 0 Å². The van der Waals surface area contributed by atoms with Gasteiger partial charge in [-0.25, -0.2) is 13.2 Å². The molecular weight excluding hydrogens is 255 g/mol. The Bertz CT molecular complexity index is 630. The Kier molecular flexibility index (Phi) is 2.81. The fourth-order valence-electron chi connectivity index (χ4n) is 2.09. The Morgan fingerprint density at radius 3 is 2.53 bits per heavy atom. The standard InChI is InChI=1S/C14H10F3NO/c15-8-1-3-10(11(17)5-8)13-7-19-14-4-2-9(16)6-12(14)18-13/h1-6,13,18H,7H2. The number of hydrogen-bond donors (Lipinski definition) is 1. The van der Waals surface area contributed by atoms with E-state index in [1.54, 1.807) is 0 Å². The first-order valence-corrected chi connectivity index (χ1v) is 5.77. The summed E-state index contributed by atoms with van der Waals surface area (Å²) in [5.74, 6) is -1.18. The molecule has 1 unspecified atom stereocenters. The SMILES string of the molecule is Fc1ccc(C2COc3ccc(F)cc3N2)c(F)c1. The first-order valence-electron chi connectivity index (χ1n) is 5.77. The van der Waals surface area contributed by atoms with Crippen LogP contribution in [0.1, 0.15) is 11.6 Å². The molecule has 1 atom stereocenters. The van der Waals surface area contributed by atoms with Gasteiger partial charge in [-0.2, -0.15) is 0 Å². The summed E-state index contributed by atoms with van der Waals surface area (Å²) >= 11 is 0. The Balaban J connectivity index is 1.93. The summed E-state index contributed by atoms with van der Waals surface area (Å²) in [6.07, 6.45) is 0. The lowest BCUT2D eigenvalue weighted by atomic mass is 10.0. The van der Waals surface area contributed by atoms with Gasteiger partial charge in [0.25, 0.3) is 0 Å². The monoisotopic (exact) mass is 265 g/mol. The van der Waals surface area contributed by atoms with E-state index in [0.29, 0.717) is 11.4 Å². The first-order chi connectivity index (χ1) is 9.13. The van der Waals surface area contributed by atoms with Crippen molar-refractivity contribution in [2.45, 2.75) is 6.04 Å². The van der Waals surface area contributed by atoms with Gasteiger partial charge in [-0.05, 0) is 18.2 Å². The number of hydrogen-bond acceptors (Lipinski definition) is 2. The van der Waals surface area contributed by atoms with Gasteiger partial charge in [-0.15, -0.1) is 0 Å². The van der Waals surface area contributed by atoms with E-state index < -0.39 is 23.5 Å². The van der Waals surface area contributed by atoms with Gasteiger partial charge in [-0.1, -0.05) is 6.07 Å². The van der Waals surface area contributed by atoms with Crippen molar-refractivity contribution in [3.8, 4) is 5.75 Å². The van der Waals surface area contributed by atoms with Crippen LogP contribution < -0.4 is 10.1 Å². The topological polar surface area (TPSA) is 21.3 Å². The van der Waals surface area contributed by atoms with Crippen LogP contribution in [0.5, 0.6) is 5.75 Å². The number of ether oxygens (including phenoxy) is 1. The van der Waals surface area contributed by atoms with Crippen molar-refractivity contribution in [3.05, 3.63) is 59.4 Å². The predicted molar refractivity (Wildman–Crippen MR) is 64.6 cm³/mol. The predicted octanol–water partition coefficient (Wildman–Crippen LogP) is 3.65. The fraction of sp³-hybridized carbons (Fsp3) is 0.143. The maximum absolute atomic E-state index is 13.7. The zero-order valence-electron chi connectivity index (χ0n) is 9.79. The highest BCUT2D eigenvalue weighted by molar-refractivity contribution is 5.59. The van der Waals surface area contributed by atoms with Crippen LogP contribution in [-0.2, 0) is 0 Å². The largest absolute Gasteiger partial charge is 0.489 e. The first kappa shape index (κ1) is 11.9. The molecular formula is C14H10F3NO. The van der Waals surface area contributed by atoms with Gasteiger partial charge in [0, 0.05) is 17.7 Å². The second-order valence-electron chi connectivity index (χ2n) is 4.31. The maximum Gasteiger partial charge on any atom is 0.142 e. The van der Waals surface area contributed by atoms with Crippen molar-refractivity contribution >= 4 is 5.69 Å². The average molecular weight is 265 g/mol. The van der Waals surface area contributed by atoms with Gasteiger partial charge >= 0.3 is 0 Å². The zero-order chi connectivity index (χ0) is 13.4. The molecule has 0 aromatic heterocycles. The van der Waals surface area contributed by atoms with Crippen LogP contribution in [-0.4, -0.2) is 6.61 Å². The summed E-state index contributed by atoms with van der Waals surface area (Å²) in [7, 11) is 0. The highest BCUT2D eigenvalue weighted by atomic mass is 19.1. The second-order valence-corrected chi connectivity index (χ2v) is 4.31. The fourth-order valence-corrected chi connectivity index (χ4v) is 2.09. The number of nitrogens with one attached hydrogen (secondary N) is 1. The summed E-state index contributed by atoms with van der Waals surface area (Å²) in [6, 6.07) is 6.96. The van der Waals surface area contributed by atoms with Crippen molar-refractivity contribution in [3.63, 3.8) is 0 Å². The van der Waals surface area contributed by atoms with Gasteiger partial charge < -0.3 is 10.1 Å². The molecule has 0 saturated carbocycles. The molecule has 0 fully saturated rings. The molecule has 1 aliphatic heterocycles. The normalized spacial score (nSPS) is 17.3. The summed E-state index contributed by atoms with van der Waals surface area (Å²) in [4.78, 5) is 0. The van der Waals surface area contributed by atoms with E-state index >= 15 is 0 Å². The van der Waals surface area contributed by atoms with Crippen molar-refractivity contribution in [1.82, 2.24) is 0 Å². The molecule has 19 heavy (non-hydrogen) atoms. The summed E-state index contributed by atoms with van der Waals surface area (Å²) in [6.45, 7) is 0.196. The van der Waals surface area contributed by atoms with Crippen molar-refractivity contribution in [2.75, 3.05) is 11.9 Å². The Morgan fingerprint density at radius 2 is 1.74 bits per heavy atom. The number of benzene rings is 2. The Hall–Kier alpha value is -2.17. The lowest BCUT2D eigenvalue weighted by molar-refractivity contribution is 0.283. The van der Waals surface area contributed by atoms with Crippen LogP contribution in [0.15, 0.2) is 36.4 Å². The Labute approximate surface area is 107 Å². The van der Waals surface area contributed by atoms with E-state index in [-0.39, 0.29) is 12.2 Å². The van der Waals surface area contributed by atoms with Crippen LogP contribution in [0.2, 0.25) is 0 Å². The minimum absolute atomic E-state index is 0.196. The Morgan fingerprint density at radius 1 is 1.00 bits per heavy atom. The molecule has 5 heteroatoms. The van der Waals surface area contributed by atoms with Gasteiger partial charge in [0.2, 0.25) is 0 Å². The molecule has 0 aliphatic carbocycles. The number of fused-ring (bicyclic) bond motifs is 1. The maximum atomic E-state index is 13.7. The molecule has 1 heterocycles. The second kappa shape index (κ2) is 4.50. The third kappa shape index (κ3) is 2.23. The molecule has 0 radical (unpaired) electrons. The van der Waals surface area contributed by atoms with Gasteiger partial charge in [-0.3, -0.25) is 0 Å². The van der Waals surface area contributed by atoms with Crippen LogP contribution >= 0.6 is 0 Å². The molecule has 0 saturated heterocycles. The van der Waals surface area contributed by atoms with E-state index in [9.17, 15) is 13.2 Å². The zero-order valence-corrected chi connectivity index (χ0v) is 9.79. The highest BCUT2D eigenvalue weighted by Crippen LogP contribution is 2.34. The molecule has 3 rings (SSSR count). The number of anilines is 1. The number of rotatable bonds is 1. The van der Waals surface area contributed by atoms with Gasteiger partial charge in [0.05, 0.1) is 11.7 Å². The quantitative estimate of drug-likeness (QED) is 0.849. The molecule has 2 aromatic carbocycles. The third-order valence-electron chi connectivity index (χ3n) is 3.01. The van der Waals surface area contributed by atoms with Crippen molar-refractivity contribution < 1.29 is 17.9 Å². The number of halogens is 3. The van der Waals surface area contributed by atoms with Crippen LogP contribution in [0.3, 0.4) is 0 Å². The molecule has 1 N–H and O–H groups in total. The van der Waals surface area contributed by atoms with Crippen LogP contribution in [0.4, 0.5) is 18.9 Å². The molecule has 1 aliphatic rings. The molecule has 2 aromatic rings.